The smallest absolute Gasteiger partial charge is 0.227 e. The number of amides is 1. The van der Waals surface area contributed by atoms with Gasteiger partial charge in [-0.1, -0.05) is 13.3 Å². The minimum atomic E-state index is 0.121. The first-order valence-electron chi connectivity index (χ1n) is 6.71. The van der Waals surface area contributed by atoms with Gasteiger partial charge in [-0.05, 0) is 43.7 Å². The lowest BCUT2D eigenvalue weighted by Crippen LogP contribution is -2.27. The molecule has 4 nitrogen and oxygen atoms in total. The van der Waals surface area contributed by atoms with Crippen molar-refractivity contribution >= 4 is 17.4 Å². The van der Waals surface area contributed by atoms with Crippen LogP contribution in [0.5, 0.6) is 0 Å². The highest BCUT2D eigenvalue weighted by Gasteiger charge is 2.25. The number of nitrogens with two attached hydrogens (primary N) is 1. The van der Waals surface area contributed by atoms with Crippen molar-refractivity contribution in [1.29, 1.82) is 0 Å². The van der Waals surface area contributed by atoms with Crippen molar-refractivity contribution in [2.45, 2.75) is 39.0 Å². The first kappa shape index (κ1) is 12.9. The van der Waals surface area contributed by atoms with Crippen molar-refractivity contribution < 1.29 is 4.79 Å². The molecule has 0 aromatic carbocycles. The Morgan fingerprint density at radius 3 is 2.67 bits per heavy atom. The molecule has 2 rings (SSSR count). The Kier molecular flexibility index (Phi) is 4.18. The molecule has 0 bridgehead atoms. The molecule has 0 radical (unpaired) electrons. The van der Waals surface area contributed by atoms with Crippen LogP contribution in [0.2, 0.25) is 0 Å². The summed E-state index contributed by atoms with van der Waals surface area (Å²) >= 11 is 0. The normalized spacial score (nSPS) is 23.6. The van der Waals surface area contributed by atoms with Gasteiger partial charge in [-0.2, -0.15) is 0 Å². The first-order valence-corrected chi connectivity index (χ1v) is 6.71. The van der Waals surface area contributed by atoms with Crippen molar-refractivity contribution in [3.05, 3.63) is 18.3 Å². The van der Waals surface area contributed by atoms with E-state index < -0.39 is 0 Å². The third-order valence-corrected chi connectivity index (χ3v) is 3.85. The summed E-state index contributed by atoms with van der Waals surface area (Å²) < 4.78 is 0. The third-order valence-electron chi connectivity index (χ3n) is 3.85. The molecule has 0 aliphatic heterocycles. The summed E-state index contributed by atoms with van der Waals surface area (Å²) in [6, 6.07) is 3.49. The summed E-state index contributed by atoms with van der Waals surface area (Å²) in [5.41, 5.74) is 6.24. The number of nitrogens with one attached hydrogen (secondary N) is 1. The molecule has 1 fully saturated rings. The number of aromatic nitrogens is 1. The lowest BCUT2D eigenvalue weighted by molar-refractivity contribution is -0.121. The largest absolute Gasteiger partial charge is 0.384 e. The van der Waals surface area contributed by atoms with Crippen LogP contribution in [0, 0.1) is 11.8 Å². The Hall–Kier alpha value is -1.58. The van der Waals surface area contributed by atoms with Gasteiger partial charge in [0.2, 0.25) is 5.91 Å². The lowest BCUT2D eigenvalue weighted by Gasteiger charge is -2.26. The van der Waals surface area contributed by atoms with Crippen LogP contribution in [0.15, 0.2) is 18.3 Å². The van der Waals surface area contributed by atoms with Crippen molar-refractivity contribution in [3.63, 3.8) is 0 Å². The fraction of sp³-hybridized carbons (Fsp3) is 0.571. The van der Waals surface area contributed by atoms with E-state index >= 15 is 0 Å². The Labute approximate surface area is 108 Å². The van der Waals surface area contributed by atoms with E-state index in [0.29, 0.717) is 5.82 Å². The van der Waals surface area contributed by atoms with Gasteiger partial charge >= 0.3 is 0 Å². The van der Waals surface area contributed by atoms with Crippen LogP contribution in [0.25, 0.3) is 0 Å². The number of nitrogens with zero attached hydrogens (tertiary/aromatic N) is 1. The molecule has 98 valence electrons. The van der Waals surface area contributed by atoms with Crippen LogP contribution in [0.1, 0.15) is 39.0 Å². The molecule has 0 unspecified atom stereocenters. The molecule has 1 aromatic rings. The molecule has 0 saturated heterocycles. The van der Waals surface area contributed by atoms with Gasteiger partial charge < -0.3 is 11.1 Å². The van der Waals surface area contributed by atoms with Gasteiger partial charge in [-0.3, -0.25) is 4.79 Å². The maximum atomic E-state index is 12.1. The standard InChI is InChI=1S/C14H21N3O/c1-2-10-3-5-11(6-4-10)14(18)17-12-7-8-13(15)16-9-12/h7-11H,2-6H2,1H3,(H2,15,16)(H,17,18). The maximum absolute atomic E-state index is 12.1. The zero-order valence-corrected chi connectivity index (χ0v) is 10.9. The average molecular weight is 247 g/mol. The fourth-order valence-electron chi connectivity index (χ4n) is 2.56. The fourth-order valence-corrected chi connectivity index (χ4v) is 2.56. The topological polar surface area (TPSA) is 68.0 Å². The minimum Gasteiger partial charge on any atom is -0.384 e. The third kappa shape index (κ3) is 3.22. The van der Waals surface area contributed by atoms with Crippen LogP contribution in [0.3, 0.4) is 0 Å². The van der Waals surface area contributed by atoms with Crippen molar-refractivity contribution in [2.75, 3.05) is 11.1 Å². The molecule has 1 aliphatic carbocycles. The van der Waals surface area contributed by atoms with E-state index in [9.17, 15) is 4.79 Å². The Bertz CT molecular complexity index is 394. The van der Waals surface area contributed by atoms with Crippen LogP contribution < -0.4 is 11.1 Å². The molecular weight excluding hydrogens is 226 g/mol. The van der Waals surface area contributed by atoms with E-state index in [-0.39, 0.29) is 11.8 Å². The summed E-state index contributed by atoms with van der Waals surface area (Å²) in [7, 11) is 0. The van der Waals surface area contributed by atoms with E-state index in [1.165, 1.54) is 19.3 Å². The van der Waals surface area contributed by atoms with Gasteiger partial charge in [0.05, 0.1) is 11.9 Å². The predicted octanol–water partition coefficient (Wildman–Crippen LogP) is 2.82. The number of nitrogen functional groups attached to an aromatic ring is 1. The molecule has 1 saturated carbocycles. The maximum Gasteiger partial charge on any atom is 0.227 e. The summed E-state index contributed by atoms with van der Waals surface area (Å²) in [6.45, 7) is 2.23. The number of anilines is 2. The lowest BCUT2D eigenvalue weighted by atomic mass is 9.80. The zero-order valence-electron chi connectivity index (χ0n) is 10.9. The molecule has 1 amide bonds. The van der Waals surface area contributed by atoms with Crippen LogP contribution >= 0.6 is 0 Å². The monoisotopic (exact) mass is 247 g/mol. The molecule has 0 atom stereocenters. The first-order chi connectivity index (χ1) is 8.69. The molecule has 3 N–H and O–H groups in total. The number of rotatable bonds is 3. The second-order valence-corrected chi connectivity index (χ2v) is 5.09. The van der Waals surface area contributed by atoms with E-state index in [4.69, 9.17) is 5.73 Å². The number of hydrogen-bond donors (Lipinski definition) is 2. The Morgan fingerprint density at radius 1 is 1.39 bits per heavy atom. The summed E-state index contributed by atoms with van der Waals surface area (Å²) in [6.07, 6.45) is 7.20. The zero-order chi connectivity index (χ0) is 13.0. The van der Waals surface area contributed by atoms with Gasteiger partial charge in [0.25, 0.3) is 0 Å². The highest BCUT2D eigenvalue weighted by atomic mass is 16.1. The number of carbonyl (C=O) groups is 1. The van der Waals surface area contributed by atoms with E-state index in [1.54, 1.807) is 18.3 Å². The van der Waals surface area contributed by atoms with Gasteiger partial charge in [-0.15, -0.1) is 0 Å². The summed E-state index contributed by atoms with van der Waals surface area (Å²) in [5.74, 6) is 1.56. The second-order valence-electron chi connectivity index (χ2n) is 5.09. The highest BCUT2D eigenvalue weighted by Crippen LogP contribution is 2.31. The Morgan fingerprint density at radius 2 is 2.11 bits per heavy atom. The summed E-state index contributed by atoms with van der Waals surface area (Å²) in [5, 5.41) is 2.91. The van der Waals surface area contributed by atoms with Gasteiger partial charge in [0.15, 0.2) is 0 Å². The van der Waals surface area contributed by atoms with Crippen molar-refractivity contribution in [2.24, 2.45) is 11.8 Å². The average Bonchev–Trinajstić information content (AvgIpc) is 2.41. The second kappa shape index (κ2) is 5.85. The predicted molar refractivity (Wildman–Crippen MR) is 73.0 cm³/mol. The van der Waals surface area contributed by atoms with Crippen LogP contribution in [0.4, 0.5) is 11.5 Å². The molecule has 1 heterocycles. The van der Waals surface area contributed by atoms with E-state index in [2.05, 4.69) is 17.2 Å². The molecule has 0 spiro atoms. The quantitative estimate of drug-likeness (QED) is 0.863. The van der Waals surface area contributed by atoms with Crippen molar-refractivity contribution in [3.8, 4) is 0 Å². The SMILES string of the molecule is CCC1CCC(C(=O)Nc2ccc(N)nc2)CC1. The van der Waals surface area contributed by atoms with E-state index in [1.807, 2.05) is 0 Å². The van der Waals surface area contributed by atoms with Gasteiger partial charge in [0, 0.05) is 5.92 Å². The molecule has 4 heteroatoms. The number of pyridine rings is 1. The molecule has 1 aromatic heterocycles. The highest BCUT2D eigenvalue weighted by molar-refractivity contribution is 5.92. The van der Waals surface area contributed by atoms with Gasteiger partial charge in [0.1, 0.15) is 5.82 Å². The molecular formula is C14H21N3O. The van der Waals surface area contributed by atoms with Gasteiger partial charge in [-0.25, -0.2) is 4.98 Å². The molecule has 1 aliphatic rings. The van der Waals surface area contributed by atoms with E-state index in [0.717, 1.165) is 24.4 Å². The minimum absolute atomic E-state index is 0.121. The van der Waals surface area contributed by atoms with Crippen LogP contribution in [-0.4, -0.2) is 10.9 Å². The number of carbonyl (C=O) groups excluding carboxylic acids is 1. The number of hydrogen-bond acceptors (Lipinski definition) is 3. The molecule has 18 heavy (non-hydrogen) atoms. The van der Waals surface area contributed by atoms with Crippen molar-refractivity contribution in [1.82, 2.24) is 4.98 Å². The van der Waals surface area contributed by atoms with Crippen LogP contribution in [-0.2, 0) is 4.79 Å². The summed E-state index contributed by atoms with van der Waals surface area (Å²) in [4.78, 5) is 16.0. The Balaban J connectivity index is 1.87.